The number of rotatable bonds is 6. The Labute approximate surface area is 137 Å². The van der Waals surface area contributed by atoms with Gasteiger partial charge in [0.1, 0.15) is 0 Å². The molecule has 0 N–H and O–H groups in total. The van der Waals surface area contributed by atoms with Gasteiger partial charge in [-0.15, -0.1) is 0 Å². The van der Waals surface area contributed by atoms with Crippen LogP contribution in [0.15, 0.2) is 28.7 Å². The standard InChI is InChI=1S/C13H22BrO4PSi2/c1-20(2,3)17-19(16,18-21(4,5)6)13(15)11-7-9-12(14)10-8-11/h7-10H,1-6H3. The fourth-order valence-corrected chi connectivity index (χ4v) is 9.22. The van der Waals surface area contributed by atoms with Crippen LogP contribution in [0.25, 0.3) is 0 Å². The predicted molar refractivity (Wildman–Crippen MR) is 94.9 cm³/mol. The molecule has 0 spiro atoms. The third-order valence-corrected chi connectivity index (χ3v) is 9.72. The maximum atomic E-state index is 13.1. The summed E-state index contributed by atoms with van der Waals surface area (Å²) in [6.45, 7) is 11.3. The molecular formula is C13H22BrO4PSi2. The Balaban J connectivity index is 3.20. The van der Waals surface area contributed by atoms with Crippen LogP contribution in [-0.2, 0) is 13.0 Å². The number of carbonyl (C=O) groups excluding carboxylic acids is 1. The molecule has 4 nitrogen and oxygen atoms in total. The van der Waals surface area contributed by atoms with E-state index >= 15 is 0 Å². The van der Waals surface area contributed by atoms with Gasteiger partial charge in [0.2, 0.25) is 0 Å². The van der Waals surface area contributed by atoms with Gasteiger partial charge in [-0.25, -0.2) is 0 Å². The summed E-state index contributed by atoms with van der Waals surface area (Å²) in [5.41, 5.74) is -0.210. The maximum absolute atomic E-state index is 13.1. The zero-order valence-electron chi connectivity index (χ0n) is 13.3. The third-order valence-electron chi connectivity index (χ3n) is 2.13. The van der Waals surface area contributed by atoms with Crippen molar-refractivity contribution < 1.29 is 17.8 Å². The van der Waals surface area contributed by atoms with Crippen molar-refractivity contribution in [3.63, 3.8) is 0 Å². The average molecular weight is 409 g/mol. The van der Waals surface area contributed by atoms with Gasteiger partial charge < -0.3 is 8.43 Å². The Morgan fingerprint density at radius 1 is 0.952 bits per heavy atom. The molecule has 8 heteroatoms. The quantitative estimate of drug-likeness (QED) is 0.461. The van der Waals surface area contributed by atoms with Crippen molar-refractivity contribution in [1.29, 1.82) is 0 Å². The van der Waals surface area contributed by atoms with Crippen LogP contribution in [0.4, 0.5) is 0 Å². The first-order valence-corrected chi connectivity index (χ1v) is 15.8. The Morgan fingerprint density at radius 2 is 1.33 bits per heavy atom. The van der Waals surface area contributed by atoms with Crippen molar-refractivity contribution in [3.05, 3.63) is 34.3 Å². The van der Waals surface area contributed by atoms with Crippen LogP contribution in [0.2, 0.25) is 39.3 Å². The number of hydrogen-bond donors (Lipinski definition) is 0. The van der Waals surface area contributed by atoms with Crippen molar-refractivity contribution in [2.45, 2.75) is 39.3 Å². The molecule has 21 heavy (non-hydrogen) atoms. The normalized spacial score (nSPS) is 13.3. The number of hydrogen-bond acceptors (Lipinski definition) is 4. The Kier molecular flexibility index (Phi) is 5.97. The van der Waals surface area contributed by atoms with Gasteiger partial charge >= 0.3 is 7.60 Å². The first-order chi connectivity index (χ1) is 9.32. The minimum atomic E-state index is -3.82. The SMILES string of the molecule is C[Si](C)(C)OP(=O)(O[Si](C)(C)C)C(=O)c1ccc(Br)cc1. The smallest absolute Gasteiger partial charge is 0.346 e. The predicted octanol–water partition coefficient (Wildman–Crippen LogP) is 5.49. The van der Waals surface area contributed by atoms with Crippen LogP contribution in [0.3, 0.4) is 0 Å². The summed E-state index contributed by atoms with van der Waals surface area (Å²) >= 11 is 3.31. The van der Waals surface area contributed by atoms with Crippen LogP contribution in [0.1, 0.15) is 10.4 Å². The molecule has 0 atom stereocenters. The van der Waals surface area contributed by atoms with Crippen LogP contribution in [0, 0.1) is 0 Å². The molecule has 0 aliphatic heterocycles. The second kappa shape index (κ2) is 6.60. The van der Waals surface area contributed by atoms with E-state index in [1.807, 2.05) is 39.3 Å². The van der Waals surface area contributed by atoms with Crippen molar-refractivity contribution in [1.82, 2.24) is 0 Å². The van der Waals surface area contributed by atoms with Gasteiger partial charge in [-0.1, -0.05) is 15.9 Å². The summed E-state index contributed by atoms with van der Waals surface area (Å²) in [5.74, 6) is 0. The molecule has 1 rings (SSSR count). The highest BCUT2D eigenvalue weighted by molar-refractivity contribution is 9.10. The van der Waals surface area contributed by atoms with Crippen molar-refractivity contribution in [3.8, 4) is 0 Å². The van der Waals surface area contributed by atoms with Crippen LogP contribution < -0.4 is 0 Å². The number of halogens is 1. The van der Waals surface area contributed by atoms with Gasteiger partial charge in [-0.3, -0.25) is 9.36 Å². The van der Waals surface area contributed by atoms with Crippen molar-refractivity contribution in [2.75, 3.05) is 0 Å². The van der Waals surface area contributed by atoms with E-state index in [-0.39, 0.29) is 0 Å². The van der Waals surface area contributed by atoms with Crippen LogP contribution in [-0.4, -0.2) is 22.2 Å². The zero-order valence-corrected chi connectivity index (χ0v) is 17.7. The molecule has 1 aromatic carbocycles. The summed E-state index contributed by atoms with van der Waals surface area (Å²) in [6, 6.07) is 6.72. The number of benzene rings is 1. The molecule has 0 bridgehead atoms. The minimum Gasteiger partial charge on any atom is -0.346 e. The Hall–Kier alpha value is -0.0462. The summed E-state index contributed by atoms with van der Waals surface area (Å²) < 4.78 is 25.3. The van der Waals surface area contributed by atoms with Crippen LogP contribution >= 0.6 is 23.5 Å². The Morgan fingerprint density at radius 3 is 1.67 bits per heavy atom. The molecular weight excluding hydrogens is 387 g/mol. The first-order valence-electron chi connectivity index (χ1n) is 6.64. The van der Waals surface area contributed by atoms with Crippen LogP contribution in [0.5, 0.6) is 0 Å². The topological polar surface area (TPSA) is 52.6 Å². The molecule has 0 aliphatic rings. The second-order valence-corrected chi connectivity index (χ2v) is 18.9. The highest BCUT2D eigenvalue weighted by atomic mass is 79.9. The zero-order chi connectivity index (χ0) is 16.5. The third kappa shape index (κ3) is 6.30. The van der Waals surface area contributed by atoms with E-state index in [0.29, 0.717) is 5.56 Å². The van der Waals surface area contributed by atoms with Gasteiger partial charge in [0.25, 0.3) is 5.52 Å². The maximum Gasteiger partial charge on any atom is 0.382 e. The van der Waals surface area contributed by atoms with Gasteiger partial charge in [-0.05, 0) is 63.5 Å². The average Bonchev–Trinajstić information content (AvgIpc) is 2.23. The molecule has 0 saturated heterocycles. The second-order valence-electron chi connectivity index (χ2n) is 6.72. The molecule has 0 fully saturated rings. The van der Waals surface area contributed by atoms with E-state index < -0.39 is 29.8 Å². The molecule has 0 heterocycles. The van der Waals surface area contributed by atoms with E-state index in [1.165, 1.54) is 0 Å². The van der Waals surface area contributed by atoms with Crippen molar-refractivity contribution >= 4 is 45.7 Å². The fourth-order valence-electron chi connectivity index (χ4n) is 1.57. The molecule has 0 aliphatic carbocycles. The summed E-state index contributed by atoms with van der Waals surface area (Å²) in [7, 11) is -8.21. The van der Waals surface area contributed by atoms with E-state index in [4.69, 9.17) is 8.43 Å². The van der Waals surface area contributed by atoms with Gasteiger partial charge in [0.05, 0.1) is 0 Å². The lowest BCUT2D eigenvalue weighted by Crippen LogP contribution is -2.32. The minimum absolute atomic E-state index is 0.345. The van der Waals surface area contributed by atoms with Gasteiger partial charge in [-0.2, -0.15) is 0 Å². The molecule has 118 valence electrons. The van der Waals surface area contributed by atoms with E-state index in [2.05, 4.69) is 15.9 Å². The highest BCUT2D eigenvalue weighted by Gasteiger charge is 2.43. The lowest BCUT2D eigenvalue weighted by molar-refractivity contribution is 0.104. The van der Waals surface area contributed by atoms with Gasteiger partial charge in [0, 0.05) is 10.0 Å². The molecule has 0 radical (unpaired) electrons. The largest absolute Gasteiger partial charge is 0.382 e. The highest BCUT2D eigenvalue weighted by Crippen LogP contribution is 2.55. The van der Waals surface area contributed by atoms with Gasteiger partial charge in [0.15, 0.2) is 16.6 Å². The fraction of sp³-hybridized carbons (Fsp3) is 0.462. The van der Waals surface area contributed by atoms with E-state index in [9.17, 15) is 9.36 Å². The lowest BCUT2D eigenvalue weighted by Gasteiger charge is -2.29. The molecule has 0 saturated carbocycles. The summed E-state index contributed by atoms with van der Waals surface area (Å²) in [5, 5.41) is 0. The Bertz CT molecular complexity index is 541. The molecule has 0 aromatic heterocycles. The number of carbonyl (C=O) groups is 1. The lowest BCUT2D eigenvalue weighted by atomic mass is 10.2. The monoisotopic (exact) mass is 408 g/mol. The summed E-state index contributed by atoms with van der Waals surface area (Å²) in [6.07, 6.45) is 0. The molecule has 0 unspecified atom stereocenters. The molecule has 1 aromatic rings. The van der Waals surface area contributed by atoms with Crippen molar-refractivity contribution in [2.24, 2.45) is 0 Å². The van der Waals surface area contributed by atoms with E-state index in [1.54, 1.807) is 24.3 Å². The summed E-state index contributed by atoms with van der Waals surface area (Å²) in [4.78, 5) is 12.6. The first kappa shape index (κ1) is 19.0. The van der Waals surface area contributed by atoms with E-state index in [0.717, 1.165) is 4.47 Å². The molecule has 0 amide bonds.